The van der Waals surface area contributed by atoms with Gasteiger partial charge in [0.2, 0.25) is 0 Å². The number of pyridine rings is 1. The maximum atomic E-state index is 13.2. The number of rotatable bonds is 10. The SMILES string of the molecule is CO/N=C(\C(=O)N[C@@H]1C(=O)N2C(C(=O)[O-])=C(C[n+]3ccc4ccn(Cc5cc(C(=N)N)cs5)c4c3)CS[C@H]12)c1nc(N)sc1Cl.O=CO. The predicted molar refractivity (Wildman–Crippen MR) is 177 cm³/mol. The van der Waals surface area contributed by atoms with Gasteiger partial charge in [-0.15, -0.1) is 23.1 Å². The number of carboxylic acids is 1. The molecule has 0 bridgehead atoms. The number of carbonyl (C=O) groups excluding carboxylic acids is 3. The van der Waals surface area contributed by atoms with Crippen molar-refractivity contribution in [1.82, 2.24) is 19.8 Å². The van der Waals surface area contributed by atoms with Gasteiger partial charge in [-0.05, 0) is 12.1 Å². The van der Waals surface area contributed by atoms with Gasteiger partial charge in [-0.25, -0.2) is 4.98 Å². The lowest BCUT2D eigenvalue weighted by molar-refractivity contribution is -0.687. The Bertz CT molecular complexity index is 2000. The van der Waals surface area contributed by atoms with Crippen LogP contribution in [-0.4, -0.2) is 79.6 Å². The maximum Gasteiger partial charge on any atom is 0.290 e. The van der Waals surface area contributed by atoms with Gasteiger partial charge in [0, 0.05) is 44.8 Å². The lowest BCUT2D eigenvalue weighted by atomic mass is 10.0. The number of carboxylic acid groups (broad SMARTS) is 2. The van der Waals surface area contributed by atoms with Crippen LogP contribution >= 0.6 is 46.0 Å². The van der Waals surface area contributed by atoms with E-state index < -0.39 is 29.2 Å². The number of nitrogens with two attached hydrogens (primary N) is 2. The molecule has 0 radical (unpaired) electrons. The highest BCUT2D eigenvalue weighted by Gasteiger charge is 2.53. The number of nitrogens with one attached hydrogen (secondary N) is 2. The van der Waals surface area contributed by atoms with Gasteiger partial charge in [0.05, 0.1) is 18.2 Å². The van der Waals surface area contributed by atoms with Crippen LogP contribution in [0, 0.1) is 5.41 Å². The largest absolute Gasteiger partial charge is 0.543 e. The van der Waals surface area contributed by atoms with Crippen molar-refractivity contribution in [3.05, 3.63) is 73.9 Å². The van der Waals surface area contributed by atoms with Gasteiger partial charge < -0.3 is 41.2 Å². The topological polar surface area (TPSA) is 246 Å². The normalized spacial score (nSPS) is 17.2. The van der Waals surface area contributed by atoms with E-state index in [-0.39, 0.29) is 51.2 Å². The summed E-state index contributed by atoms with van der Waals surface area (Å²) < 4.78 is 4.03. The summed E-state index contributed by atoms with van der Waals surface area (Å²) >= 11 is 9.94. The second-order valence-electron chi connectivity index (χ2n) is 10.1. The molecule has 2 atom stereocenters. The van der Waals surface area contributed by atoms with Gasteiger partial charge in [-0.1, -0.05) is 28.1 Å². The third-order valence-electron chi connectivity index (χ3n) is 7.19. The molecule has 1 fully saturated rings. The number of amides is 2. The van der Waals surface area contributed by atoms with E-state index in [4.69, 9.17) is 43.2 Å². The van der Waals surface area contributed by atoms with Gasteiger partial charge in [-0.2, -0.15) is 4.57 Å². The van der Waals surface area contributed by atoms with Crippen LogP contribution in [0.2, 0.25) is 4.34 Å². The van der Waals surface area contributed by atoms with Gasteiger partial charge in [0.1, 0.15) is 39.9 Å². The number of aliphatic carboxylic acids is 1. The van der Waals surface area contributed by atoms with E-state index in [9.17, 15) is 19.5 Å². The molecule has 0 saturated carbocycles. The Hall–Kier alpha value is -4.98. The van der Waals surface area contributed by atoms with E-state index in [2.05, 4.69) is 20.0 Å². The van der Waals surface area contributed by atoms with Crippen molar-refractivity contribution in [2.75, 3.05) is 18.6 Å². The van der Waals surface area contributed by atoms with Crippen LogP contribution in [0.1, 0.15) is 16.1 Å². The van der Waals surface area contributed by atoms with E-state index in [1.165, 1.54) is 30.2 Å². The van der Waals surface area contributed by atoms with Crippen molar-refractivity contribution in [2.24, 2.45) is 10.9 Å². The van der Waals surface area contributed by atoms with E-state index in [0.717, 1.165) is 32.0 Å². The molecule has 2 aliphatic rings. The molecule has 250 valence electrons. The number of nitrogen functional groups attached to an aromatic ring is 2. The molecule has 16 nitrogen and oxygen atoms in total. The first-order chi connectivity index (χ1) is 23.0. The molecule has 1 saturated heterocycles. The number of hydrogen-bond donors (Lipinski definition) is 5. The molecule has 0 spiro atoms. The van der Waals surface area contributed by atoms with Gasteiger partial charge in [0.15, 0.2) is 29.8 Å². The van der Waals surface area contributed by atoms with Gasteiger partial charge >= 0.3 is 0 Å². The smallest absolute Gasteiger partial charge is 0.290 e. The summed E-state index contributed by atoms with van der Waals surface area (Å²) in [5, 5.41) is 35.5. The number of carbonyl (C=O) groups is 4. The van der Waals surface area contributed by atoms with Crippen LogP contribution in [0.5, 0.6) is 0 Å². The number of fused-ring (bicyclic) bond motifs is 2. The third-order valence-corrected chi connectivity index (χ3v) is 10.5. The number of halogens is 1. The summed E-state index contributed by atoms with van der Waals surface area (Å²) in [7, 11) is 1.24. The molecule has 4 aromatic rings. The zero-order valence-corrected chi connectivity index (χ0v) is 28.0. The number of hydrogen-bond acceptors (Lipinski definition) is 13. The highest BCUT2D eigenvalue weighted by Crippen LogP contribution is 2.40. The molecule has 4 aromatic heterocycles. The van der Waals surface area contributed by atoms with Crippen molar-refractivity contribution >= 4 is 97.9 Å². The molecule has 0 unspecified atom stereocenters. The number of anilines is 1. The van der Waals surface area contributed by atoms with Crippen molar-refractivity contribution in [3.63, 3.8) is 0 Å². The second-order valence-corrected chi connectivity index (χ2v) is 13.9. The van der Waals surface area contributed by atoms with Crippen molar-refractivity contribution in [3.8, 4) is 0 Å². The highest BCUT2D eigenvalue weighted by molar-refractivity contribution is 8.00. The first kappa shape index (κ1) is 34.4. The Morgan fingerprint density at radius 2 is 2.15 bits per heavy atom. The Labute approximate surface area is 288 Å². The molecule has 2 amide bonds. The number of thiazole rings is 1. The van der Waals surface area contributed by atoms with Crippen LogP contribution < -0.4 is 26.5 Å². The standard InChI is InChI=1S/C27H24ClN9O5S3.CH2O2/c1-42-34-18(17-21(28)45-27(31)33-17)23(38)32-19-24(39)37-20(26(40)41)14(11-44-25(19)37)7-35-4-2-12-3-5-36(16(12)9-35)8-15-6-13(10-43-15)22(29)30;2-1-3/h2-6,9-10,19,25H,7-8,11H2,1H3,(H6-,29,30,31,32,33,38,40,41);1H,(H,2,3)/b34-18-;/t19-,25-;/m1./s1. The number of oxime groups is 1. The number of thioether (sulfide) groups is 1. The number of amidine groups is 1. The van der Waals surface area contributed by atoms with Crippen LogP contribution in [0.25, 0.3) is 10.9 Å². The molecule has 6 rings (SSSR count). The second kappa shape index (κ2) is 14.4. The Balaban J connectivity index is 0.00000145. The molecule has 2 aliphatic heterocycles. The summed E-state index contributed by atoms with van der Waals surface area (Å²) in [4.78, 5) is 58.0. The lowest BCUT2D eigenvalue weighted by Gasteiger charge is -2.50. The van der Waals surface area contributed by atoms with E-state index in [1.54, 1.807) is 0 Å². The lowest BCUT2D eigenvalue weighted by Crippen LogP contribution is -2.71. The van der Waals surface area contributed by atoms with Crippen LogP contribution in [-0.2, 0) is 37.1 Å². The summed E-state index contributed by atoms with van der Waals surface area (Å²) in [6, 6.07) is 4.78. The summed E-state index contributed by atoms with van der Waals surface area (Å²) in [6.45, 7) is 0.525. The molecule has 48 heavy (non-hydrogen) atoms. The van der Waals surface area contributed by atoms with E-state index in [1.807, 2.05) is 46.7 Å². The molecule has 0 aliphatic carbocycles. The van der Waals surface area contributed by atoms with Gasteiger partial charge in [-0.3, -0.25) is 24.7 Å². The van der Waals surface area contributed by atoms with Crippen molar-refractivity contribution in [1.29, 1.82) is 5.41 Å². The summed E-state index contributed by atoms with van der Waals surface area (Å²) in [5.41, 5.74) is 12.9. The Morgan fingerprint density at radius 3 is 2.77 bits per heavy atom. The highest BCUT2D eigenvalue weighted by atomic mass is 35.5. The molecular formula is C28H26ClN9O7S3. The number of thiophene rings is 1. The zero-order valence-electron chi connectivity index (χ0n) is 24.8. The molecule has 7 N–H and O–H groups in total. The molecule has 0 aromatic carbocycles. The molecule has 20 heteroatoms. The van der Waals surface area contributed by atoms with Crippen LogP contribution in [0.15, 0.2) is 58.6 Å². The number of nitrogens with zero attached hydrogens (tertiary/aromatic N) is 5. The van der Waals surface area contributed by atoms with Crippen LogP contribution in [0.4, 0.5) is 5.13 Å². The number of β-lactam (4-membered cyclic amide) rings is 1. The molecular weight excluding hydrogens is 706 g/mol. The minimum absolute atomic E-state index is 0.00684. The average molecular weight is 732 g/mol. The maximum absolute atomic E-state index is 13.2. The van der Waals surface area contributed by atoms with Gasteiger partial charge in [0.25, 0.3) is 18.3 Å². The quantitative estimate of drug-likeness (QED) is 0.0367. The average Bonchev–Trinajstić information content (AvgIpc) is 3.77. The summed E-state index contributed by atoms with van der Waals surface area (Å²) in [5.74, 6) is -2.56. The number of aromatic nitrogens is 3. The fourth-order valence-electron chi connectivity index (χ4n) is 5.15. The third kappa shape index (κ3) is 6.84. The molecule has 6 heterocycles. The summed E-state index contributed by atoms with van der Waals surface area (Å²) in [6.07, 6.45) is 5.72. The van der Waals surface area contributed by atoms with Crippen molar-refractivity contribution < 1.29 is 38.8 Å². The minimum atomic E-state index is -1.48. The van der Waals surface area contributed by atoms with E-state index >= 15 is 0 Å². The minimum Gasteiger partial charge on any atom is -0.543 e. The zero-order chi connectivity index (χ0) is 34.7. The monoisotopic (exact) mass is 731 g/mol. The fourth-order valence-corrected chi connectivity index (χ4v) is 8.29. The Kier molecular flexibility index (Phi) is 10.3. The predicted octanol–water partition coefficient (Wildman–Crippen LogP) is 0.170. The Morgan fingerprint density at radius 1 is 1.40 bits per heavy atom. The first-order valence-electron chi connectivity index (χ1n) is 13.7. The fraction of sp³-hybridized carbons (Fsp3) is 0.214. The van der Waals surface area contributed by atoms with Crippen molar-refractivity contribution in [2.45, 2.75) is 24.5 Å². The first-order valence-corrected chi connectivity index (χ1v) is 16.8. The van der Waals surface area contributed by atoms with Crippen LogP contribution in [0.3, 0.4) is 0 Å². The van der Waals surface area contributed by atoms with E-state index in [0.29, 0.717) is 17.7 Å².